The van der Waals surface area contributed by atoms with Crippen LogP contribution in [0.15, 0.2) is 121 Å². The van der Waals surface area contributed by atoms with Crippen molar-refractivity contribution in [2.45, 2.75) is 23.8 Å². The quantitative estimate of drug-likeness (QED) is 0.232. The molecule has 1 atom stereocenters. The molecule has 1 fully saturated rings. The summed E-state index contributed by atoms with van der Waals surface area (Å²) in [5.41, 5.74) is 0. The maximum absolute atomic E-state index is 8.49. The second kappa shape index (κ2) is 12.5. The summed E-state index contributed by atoms with van der Waals surface area (Å²) in [5.74, 6) is 0.800. The van der Waals surface area contributed by atoms with Crippen molar-refractivity contribution in [3.05, 3.63) is 121 Å². The van der Waals surface area contributed by atoms with Gasteiger partial charge in [0.1, 0.15) is 0 Å². The predicted molar refractivity (Wildman–Crippen MR) is 138 cm³/mol. The molecule has 1 aliphatic carbocycles. The fourth-order valence-electron chi connectivity index (χ4n) is 4.73. The Balaban J connectivity index is 0.000000556. The van der Waals surface area contributed by atoms with Crippen LogP contribution in [0.25, 0.3) is 0 Å². The van der Waals surface area contributed by atoms with Crippen LogP contribution in [-0.2, 0) is 0 Å². The second-order valence-electron chi connectivity index (χ2n) is 8.62. The zero-order valence-corrected chi connectivity index (χ0v) is 23.1. The zero-order chi connectivity index (χ0) is 25.4. The molecule has 186 valence electrons. The maximum atomic E-state index is 8.49. The number of halogens is 1. The van der Waals surface area contributed by atoms with Gasteiger partial charge in [0, 0.05) is 0 Å². The van der Waals surface area contributed by atoms with Crippen molar-refractivity contribution in [1.29, 1.82) is 0 Å². The molecule has 0 aliphatic heterocycles. The third-order valence-electron chi connectivity index (χ3n) is 6.43. The Morgan fingerprint density at radius 1 is 0.583 bits per heavy atom. The van der Waals surface area contributed by atoms with Crippen molar-refractivity contribution >= 4 is 42.6 Å². The topological polar surface area (TPSA) is 92.2 Å². The van der Waals surface area contributed by atoms with Crippen LogP contribution in [0.4, 0.5) is 0 Å². The second-order valence-corrected chi connectivity index (χ2v) is 16.3. The Hall–Kier alpha value is -2.04. The van der Waals surface area contributed by atoms with Crippen molar-refractivity contribution < 1.29 is 28.9 Å². The summed E-state index contributed by atoms with van der Waals surface area (Å²) in [6, 6.07) is 45.6. The fraction of sp³-hybridized carbons (Fsp3) is 0.172. The minimum absolute atomic E-state index is 0.404. The van der Waals surface area contributed by atoms with E-state index in [0.717, 1.165) is 5.92 Å². The van der Waals surface area contributed by atoms with Crippen LogP contribution in [-0.4, -0.2) is 19.5 Å². The van der Waals surface area contributed by atoms with Crippen LogP contribution >= 0.6 is 7.26 Å². The van der Waals surface area contributed by atoms with Crippen molar-refractivity contribution in [2.24, 2.45) is 5.92 Å². The van der Waals surface area contributed by atoms with E-state index in [1.165, 1.54) is 39.6 Å². The summed E-state index contributed by atoms with van der Waals surface area (Å²) in [4.78, 5) is 0. The van der Waals surface area contributed by atoms with Crippen LogP contribution in [0.5, 0.6) is 0 Å². The Morgan fingerprint density at radius 3 is 1.22 bits per heavy atom. The molecular formula is C29H28ClO4PSe. The predicted octanol–water partition coefficient (Wildman–Crippen LogP) is 0.380. The summed E-state index contributed by atoms with van der Waals surface area (Å²) < 4.78 is 36.2. The first-order valence-corrected chi connectivity index (χ1v) is 16.7. The van der Waals surface area contributed by atoms with Gasteiger partial charge in [0.25, 0.3) is 0 Å². The standard InChI is InChI=1S/C29H28PSe.ClHO4/c1-5-16-25(17-6-1)30(26-18-7-2-8-19-26,27-20-9-3-10-21-27)29(24-14-13-15-24)31-28-22-11-4-12-23-28;2-1(3,4)5/h1-12,16-24,29H,13-15H2;(H,2,3,4,5)/q+1;/p-1. The van der Waals surface area contributed by atoms with Crippen molar-refractivity contribution in [3.8, 4) is 0 Å². The van der Waals surface area contributed by atoms with Gasteiger partial charge in [0.2, 0.25) is 0 Å². The molecular weight excluding hydrogens is 558 g/mol. The minimum atomic E-state index is -4.94. The van der Waals surface area contributed by atoms with Crippen molar-refractivity contribution in [1.82, 2.24) is 0 Å². The first-order valence-electron chi connectivity index (χ1n) is 11.8. The van der Waals surface area contributed by atoms with Gasteiger partial charge in [-0.3, -0.25) is 0 Å². The molecule has 7 heteroatoms. The molecule has 0 aromatic heterocycles. The van der Waals surface area contributed by atoms with Crippen LogP contribution < -0.4 is 39.0 Å². The molecule has 1 aliphatic rings. The van der Waals surface area contributed by atoms with E-state index in [-0.39, 0.29) is 0 Å². The summed E-state index contributed by atoms with van der Waals surface area (Å²) in [7, 11) is -6.77. The Bertz CT molecular complexity index is 1080. The van der Waals surface area contributed by atoms with Gasteiger partial charge >= 0.3 is 194 Å². The molecule has 5 rings (SSSR count). The van der Waals surface area contributed by atoms with E-state index in [0.29, 0.717) is 19.5 Å². The number of hydrogen-bond donors (Lipinski definition) is 0. The molecule has 0 heterocycles. The molecule has 0 N–H and O–H groups in total. The summed E-state index contributed by atoms with van der Waals surface area (Å²) in [6.45, 7) is 0. The molecule has 4 aromatic rings. The van der Waals surface area contributed by atoms with E-state index >= 15 is 0 Å². The van der Waals surface area contributed by atoms with Gasteiger partial charge in [-0.1, -0.05) is 0 Å². The molecule has 1 saturated carbocycles. The van der Waals surface area contributed by atoms with E-state index in [2.05, 4.69) is 121 Å². The van der Waals surface area contributed by atoms with E-state index < -0.39 is 17.5 Å². The molecule has 0 spiro atoms. The Morgan fingerprint density at radius 2 is 0.917 bits per heavy atom. The molecule has 0 radical (unpaired) electrons. The van der Waals surface area contributed by atoms with Crippen molar-refractivity contribution in [2.75, 3.05) is 0 Å². The number of hydrogen-bond acceptors (Lipinski definition) is 4. The van der Waals surface area contributed by atoms with E-state index in [1.807, 2.05) is 0 Å². The summed E-state index contributed by atoms with van der Waals surface area (Å²) >= 11 is 0.404. The SMILES string of the molecule is [O-][Cl+3]([O-])([O-])[O-].c1ccc([Se]C(C2CCC2)[P+](c2ccccc2)(c2ccccc2)c2ccccc2)cc1. The molecule has 4 nitrogen and oxygen atoms in total. The van der Waals surface area contributed by atoms with Gasteiger partial charge in [-0.2, -0.15) is 0 Å². The Kier molecular flexibility index (Phi) is 9.35. The number of benzene rings is 4. The molecule has 36 heavy (non-hydrogen) atoms. The Labute approximate surface area is 221 Å². The molecule has 4 aromatic carbocycles. The third kappa shape index (κ3) is 6.63. The fourth-order valence-corrected chi connectivity index (χ4v) is 15.7. The van der Waals surface area contributed by atoms with Gasteiger partial charge in [0.15, 0.2) is 0 Å². The molecule has 1 unspecified atom stereocenters. The van der Waals surface area contributed by atoms with Gasteiger partial charge in [-0.25, -0.2) is 18.6 Å². The van der Waals surface area contributed by atoms with E-state index in [4.69, 9.17) is 18.6 Å². The molecule has 0 saturated heterocycles. The average molecular weight is 586 g/mol. The van der Waals surface area contributed by atoms with Gasteiger partial charge in [0.05, 0.1) is 0 Å². The first-order chi connectivity index (χ1) is 17.4. The molecule has 0 bridgehead atoms. The average Bonchev–Trinajstić information content (AvgIpc) is 2.85. The normalized spacial score (nSPS) is 14.8. The van der Waals surface area contributed by atoms with E-state index in [9.17, 15) is 0 Å². The van der Waals surface area contributed by atoms with E-state index in [1.54, 1.807) is 0 Å². The molecule has 0 amide bonds. The zero-order valence-electron chi connectivity index (χ0n) is 19.7. The summed E-state index contributed by atoms with van der Waals surface area (Å²) in [6.07, 6.45) is 4.12. The van der Waals surface area contributed by atoms with Crippen LogP contribution in [0.3, 0.4) is 0 Å². The van der Waals surface area contributed by atoms with Gasteiger partial charge < -0.3 is 0 Å². The van der Waals surface area contributed by atoms with Crippen molar-refractivity contribution in [3.63, 3.8) is 0 Å². The van der Waals surface area contributed by atoms with Crippen LogP contribution in [0.1, 0.15) is 19.3 Å². The van der Waals surface area contributed by atoms with Crippen LogP contribution in [0, 0.1) is 16.2 Å². The van der Waals surface area contributed by atoms with Gasteiger partial charge in [-0.15, -0.1) is 10.2 Å². The number of rotatable bonds is 7. The first kappa shape index (κ1) is 27.0. The summed E-state index contributed by atoms with van der Waals surface area (Å²) in [5, 5.41) is 4.59. The third-order valence-corrected chi connectivity index (χ3v) is 15.9. The van der Waals surface area contributed by atoms with Crippen LogP contribution in [0.2, 0.25) is 0 Å². The van der Waals surface area contributed by atoms with Gasteiger partial charge in [-0.05, 0) is 0 Å². The monoisotopic (exact) mass is 586 g/mol.